The lowest BCUT2D eigenvalue weighted by Gasteiger charge is -2.26. The molecule has 0 radical (unpaired) electrons. The zero-order valence-corrected chi connectivity index (χ0v) is 7.76. The Morgan fingerprint density at radius 3 is 2.42 bits per heavy atom. The highest BCUT2D eigenvalue weighted by Crippen LogP contribution is 2.24. The molecule has 72 valence electrons. The molecule has 2 unspecified atom stereocenters. The molecule has 12 heavy (non-hydrogen) atoms. The monoisotopic (exact) mass is 193 g/mol. The Morgan fingerprint density at radius 2 is 1.92 bits per heavy atom. The molecule has 0 aliphatic heterocycles. The fraction of sp³-hybridized carbons (Fsp3) is 1.00. The average molecular weight is 193 g/mol. The van der Waals surface area contributed by atoms with Crippen molar-refractivity contribution in [3.63, 3.8) is 0 Å². The van der Waals surface area contributed by atoms with Gasteiger partial charge < -0.3 is 5.11 Å². The van der Waals surface area contributed by atoms with Gasteiger partial charge in [0.05, 0.1) is 11.9 Å². The molecule has 0 saturated heterocycles. The van der Waals surface area contributed by atoms with Crippen LogP contribution in [0.4, 0.5) is 0 Å². The van der Waals surface area contributed by atoms with Gasteiger partial charge in [0, 0.05) is 5.92 Å². The Hall–Kier alpha value is -0.130. The second-order valence-electron chi connectivity index (χ2n) is 3.44. The second kappa shape index (κ2) is 3.72. The molecule has 1 saturated carbocycles. The van der Waals surface area contributed by atoms with E-state index in [0.29, 0.717) is 6.42 Å². The third-order valence-electron chi connectivity index (χ3n) is 2.32. The number of primary sulfonamides is 1. The lowest BCUT2D eigenvalue weighted by molar-refractivity contribution is 0.0807. The molecular formula is C7H15NO3S. The van der Waals surface area contributed by atoms with Crippen LogP contribution in [-0.4, -0.2) is 25.4 Å². The Morgan fingerprint density at radius 1 is 1.33 bits per heavy atom. The van der Waals surface area contributed by atoms with Crippen molar-refractivity contribution in [2.24, 2.45) is 11.1 Å². The van der Waals surface area contributed by atoms with Crippen LogP contribution in [0.3, 0.4) is 0 Å². The molecule has 0 aromatic carbocycles. The van der Waals surface area contributed by atoms with Crippen molar-refractivity contribution in [3.8, 4) is 0 Å². The molecule has 3 N–H and O–H groups in total. The SMILES string of the molecule is NS(=O)(=O)CC1CCCCC1O. The molecule has 1 rings (SSSR count). The van der Waals surface area contributed by atoms with Crippen LogP contribution in [0.25, 0.3) is 0 Å². The first-order chi connectivity index (χ1) is 5.49. The summed E-state index contributed by atoms with van der Waals surface area (Å²) in [7, 11) is -3.42. The van der Waals surface area contributed by atoms with Crippen LogP contribution >= 0.6 is 0 Å². The van der Waals surface area contributed by atoms with E-state index in [0.717, 1.165) is 19.3 Å². The molecule has 4 nitrogen and oxygen atoms in total. The van der Waals surface area contributed by atoms with Gasteiger partial charge in [-0.15, -0.1) is 0 Å². The smallest absolute Gasteiger partial charge is 0.209 e. The quantitative estimate of drug-likeness (QED) is 0.638. The summed E-state index contributed by atoms with van der Waals surface area (Å²) in [5.41, 5.74) is 0. The Balaban J connectivity index is 2.50. The maximum Gasteiger partial charge on any atom is 0.209 e. The Bertz CT molecular complexity index is 237. The lowest BCUT2D eigenvalue weighted by atomic mass is 9.88. The van der Waals surface area contributed by atoms with Crippen molar-refractivity contribution in [3.05, 3.63) is 0 Å². The summed E-state index contributed by atoms with van der Waals surface area (Å²) in [4.78, 5) is 0. The van der Waals surface area contributed by atoms with Gasteiger partial charge in [-0.1, -0.05) is 12.8 Å². The summed E-state index contributed by atoms with van der Waals surface area (Å²) in [6.07, 6.45) is 2.99. The minimum atomic E-state index is -3.42. The molecule has 0 bridgehead atoms. The van der Waals surface area contributed by atoms with E-state index in [2.05, 4.69) is 0 Å². The van der Waals surface area contributed by atoms with E-state index >= 15 is 0 Å². The van der Waals surface area contributed by atoms with Gasteiger partial charge in [-0.3, -0.25) is 0 Å². The zero-order valence-electron chi connectivity index (χ0n) is 6.94. The molecule has 0 aromatic heterocycles. The van der Waals surface area contributed by atoms with Gasteiger partial charge in [-0.25, -0.2) is 13.6 Å². The highest BCUT2D eigenvalue weighted by atomic mass is 32.2. The van der Waals surface area contributed by atoms with Crippen LogP contribution in [0.15, 0.2) is 0 Å². The molecule has 0 amide bonds. The third kappa shape index (κ3) is 3.08. The van der Waals surface area contributed by atoms with Gasteiger partial charge in [0.2, 0.25) is 10.0 Å². The first-order valence-corrected chi connectivity index (χ1v) is 5.89. The molecule has 2 atom stereocenters. The van der Waals surface area contributed by atoms with E-state index < -0.39 is 16.1 Å². The van der Waals surface area contributed by atoms with E-state index in [1.54, 1.807) is 0 Å². The molecule has 1 aliphatic carbocycles. The Kier molecular flexibility index (Phi) is 3.09. The molecule has 0 heterocycles. The predicted octanol–water partition coefficient (Wildman–Crippen LogP) is -0.174. The number of rotatable bonds is 2. The minimum absolute atomic E-state index is 0.0752. The summed E-state index contributed by atoms with van der Waals surface area (Å²) in [5, 5.41) is 14.3. The first kappa shape index (κ1) is 9.95. The standard InChI is InChI=1S/C7H15NO3S/c8-12(10,11)5-6-3-1-2-4-7(6)9/h6-7,9H,1-5H2,(H2,8,10,11). The molecule has 5 heteroatoms. The van der Waals surface area contributed by atoms with E-state index in [-0.39, 0.29) is 11.7 Å². The van der Waals surface area contributed by atoms with E-state index in [4.69, 9.17) is 5.14 Å². The topological polar surface area (TPSA) is 80.4 Å². The molecular weight excluding hydrogens is 178 g/mol. The van der Waals surface area contributed by atoms with Crippen molar-refractivity contribution in [2.75, 3.05) is 5.75 Å². The van der Waals surface area contributed by atoms with Crippen LogP contribution in [0, 0.1) is 5.92 Å². The molecule has 0 spiro atoms. The fourth-order valence-electron chi connectivity index (χ4n) is 1.68. The molecule has 1 aliphatic rings. The largest absolute Gasteiger partial charge is 0.393 e. The molecule has 0 aromatic rings. The van der Waals surface area contributed by atoms with Gasteiger partial charge in [0.15, 0.2) is 0 Å². The van der Waals surface area contributed by atoms with Crippen LogP contribution in [0.5, 0.6) is 0 Å². The van der Waals surface area contributed by atoms with Crippen LogP contribution < -0.4 is 5.14 Å². The summed E-state index contributed by atoms with van der Waals surface area (Å²) >= 11 is 0. The van der Waals surface area contributed by atoms with Gasteiger partial charge in [-0.2, -0.15) is 0 Å². The fourth-order valence-corrected chi connectivity index (χ4v) is 2.67. The predicted molar refractivity (Wildman–Crippen MR) is 45.9 cm³/mol. The summed E-state index contributed by atoms with van der Waals surface area (Å²) in [6.45, 7) is 0. The van der Waals surface area contributed by atoms with Gasteiger partial charge >= 0.3 is 0 Å². The first-order valence-electron chi connectivity index (χ1n) is 4.17. The van der Waals surface area contributed by atoms with Crippen molar-refractivity contribution in [1.82, 2.24) is 0 Å². The summed E-state index contributed by atoms with van der Waals surface area (Å²) < 4.78 is 21.4. The summed E-state index contributed by atoms with van der Waals surface area (Å²) in [6, 6.07) is 0. The number of hydrogen-bond donors (Lipinski definition) is 2. The number of aliphatic hydroxyl groups excluding tert-OH is 1. The van der Waals surface area contributed by atoms with Crippen molar-refractivity contribution < 1.29 is 13.5 Å². The second-order valence-corrected chi connectivity index (χ2v) is 5.10. The van der Waals surface area contributed by atoms with E-state index in [9.17, 15) is 13.5 Å². The van der Waals surface area contributed by atoms with Crippen molar-refractivity contribution in [1.29, 1.82) is 0 Å². The number of hydrogen-bond acceptors (Lipinski definition) is 3. The maximum atomic E-state index is 10.7. The average Bonchev–Trinajstić information content (AvgIpc) is 1.91. The Labute approximate surface area is 72.8 Å². The number of nitrogens with two attached hydrogens (primary N) is 1. The lowest BCUT2D eigenvalue weighted by Crippen LogP contribution is -2.33. The zero-order chi connectivity index (χ0) is 9.19. The number of aliphatic hydroxyl groups is 1. The van der Waals surface area contributed by atoms with Gasteiger partial charge in [0.25, 0.3) is 0 Å². The highest BCUT2D eigenvalue weighted by molar-refractivity contribution is 7.89. The van der Waals surface area contributed by atoms with E-state index in [1.807, 2.05) is 0 Å². The normalized spacial score (nSPS) is 31.8. The number of sulfonamides is 1. The van der Waals surface area contributed by atoms with Gasteiger partial charge in [-0.05, 0) is 12.8 Å². The maximum absolute atomic E-state index is 10.7. The highest BCUT2D eigenvalue weighted by Gasteiger charge is 2.26. The summed E-state index contributed by atoms with van der Waals surface area (Å²) in [5.74, 6) is -0.220. The minimum Gasteiger partial charge on any atom is -0.393 e. The van der Waals surface area contributed by atoms with Crippen LogP contribution in [0.1, 0.15) is 25.7 Å². The van der Waals surface area contributed by atoms with Crippen LogP contribution in [-0.2, 0) is 10.0 Å². The molecule has 1 fully saturated rings. The van der Waals surface area contributed by atoms with Crippen LogP contribution in [0.2, 0.25) is 0 Å². The van der Waals surface area contributed by atoms with E-state index in [1.165, 1.54) is 0 Å². The third-order valence-corrected chi connectivity index (χ3v) is 3.21. The van der Waals surface area contributed by atoms with Gasteiger partial charge in [0.1, 0.15) is 0 Å². The van der Waals surface area contributed by atoms with Crippen molar-refractivity contribution >= 4 is 10.0 Å². The van der Waals surface area contributed by atoms with Crippen molar-refractivity contribution in [2.45, 2.75) is 31.8 Å².